The van der Waals surface area contributed by atoms with Gasteiger partial charge in [0.05, 0.1) is 17.5 Å². The molecule has 1 aromatic rings. The maximum atomic E-state index is 12.0. The minimum absolute atomic E-state index is 0.0500. The number of carbonyl (C=O) groups is 2. The minimum Gasteiger partial charge on any atom is -0.506 e. The molecule has 1 aromatic carbocycles. The fourth-order valence-corrected chi connectivity index (χ4v) is 2.66. The summed E-state index contributed by atoms with van der Waals surface area (Å²) in [4.78, 5) is 24.3. The molecule has 1 aliphatic carbocycles. The molecular weight excluding hydrogens is 222 g/mol. The second-order valence-electron chi connectivity index (χ2n) is 4.49. The number of amides is 1. The zero-order valence-electron chi connectivity index (χ0n) is 8.91. The molecule has 0 bridgehead atoms. The zero-order chi connectivity index (χ0) is 12.2. The van der Waals surface area contributed by atoms with Gasteiger partial charge in [0, 0.05) is 12.5 Å². The van der Waals surface area contributed by atoms with Crippen LogP contribution in [0.4, 0.5) is 5.69 Å². The Labute approximate surface area is 97.3 Å². The second kappa shape index (κ2) is 3.23. The van der Waals surface area contributed by atoms with E-state index in [9.17, 15) is 14.7 Å². The van der Waals surface area contributed by atoms with Crippen molar-refractivity contribution >= 4 is 17.6 Å². The summed E-state index contributed by atoms with van der Waals surface area (Å²) in [5, 5.41) is 18.5. The Balaban J connectivity index is 1.85. The highest BCUT2D eigenvalue weighted by atomic mass is 16.4. The normalized spacial score (nSPS) is 30.2. The van der Waals surface area contributed by atoms with Crippen molar-refractivity contribution in [1.82, 2.24) is 0 Å². The molecule has 3 unspecified atom stereocenters. The molecule has 2 N–H and O–H groups in total. The van der Waals surface area contributed by atoms with Crippen molar-refractivity contribution in [1.29, 1.82) is 0 Å². The van der Waals surface area contributed by atoms with Crippen LogP contribution in [0.2, 0.25) is 0 Å². The lowest BCUT2D eigenvalue weighted by atomic mass is 10.2. The number of carboxylic acid groups (broad SMARTS) is 1. The molecular formula is C12H11NO4. The Morgan fingerprint density at radius 2 is 2.06 bits per heavy atom. The molecule has 1 heterocycles. The minimum atomic E-state index is -0.898. The number of phenols is 1. The van der Waals surface area contributed by atoms with Crippen LogP contribution in [0.5, 0.6) is 5.75 Å². The molecule has 5 nitrogen and oxygen atoms in total. The molecule has 0 radical (unpaired) electrons. The number of benzene rings is 1. The van der Waals surface area contributed by atoms with Crippen molar-refractivity contribution in [3.8, 4) is 5.75 Å². The molecule has 88 valence electrons. The molecule has 2 fully saturated rings. The van der Waals surface area contributed by atoms with Crippen molar-refractivity contribution in [2.75, 3.05) is 11.4 Å². The number of aromatic hydroxyl groups is 1. The third-order valence-corrected chi connectivity index (χ3v) is 3.57. The quantitative estimate of drug-likeness (QED) is 0.787. The fraction of sp³-hybridized carbons (Fsp3) is 0.333. The fourth-order valence-electron chi connectivity index (χ4n) is 2.66. The summed E-state index contributed by atoms with van der Waals surface area (Å²) in [6, 6.07) is 6.59. The number of fused-ring (bicyclic) bond motifs is 1. The average molecular weight is 233 g/mol. The number of hydrogen-bond donors (Lipinski definition) is 2. The zero-order valence-corrected chi connectivity index (χ0v) is 8.91. The van der Waals surface area contributed by atoms with Crippen molar-refractivity contribution in [2.24, 2.45) is 17.8 Å². The standard InChI is InChI=1S/C12H11NO4/c14-8-4-2-1-3-7(8)13-5-6-9(11(13)15)10(6)12(16)17/h1-4,6,9-10,14H,5H2,(H,16,17). The molecule has 5 heteroatoms. The Kier molecular flexibility index (Phi) is 1.92. The van der Waals surface area contributed by atoms with Gasteiger partial charge in [-0.3, -0.25) is 9.59 Å². The summed E-state index contributed by atoms with van der Waals surface area (Å²) in [5.74, 6) is -2.06. The first kappa shape index (κ1) is 10.1. The van der Waals surface area contributed by atoms with Crippen molar-refractivity contribution in [3.63, 3.8) is 0 Å². The van der Waals surface area contributed by atoms with Crippen LogP contribution in [0.1, 0.15) is 0 Å². The van der Waals surface area contributed by atoms with E-state index in [1.54, 1.807) is 18.2 Å². The number of piperidine rings is 1. The van der Waals surface area contributed by atoms with Gasteiger partial charge >= 0.3 is 5.97 Å². The third kappa shape index (κ3) is 1.32. The van der Waals surface area contributed by atoms with Crippen LogP contribution >= 0.6 is 0 Å². The largest absolute Gasteiger partial charge is 0.506 e. The third-order valence-electron chi connectivity index (χ3n) is 3.57. The van der Waals surface area contributed by atoms with Crippen LogP contribution in [0.25, 0.3) is 0 Å². The number of nitrogens with zero attached hydrogens (tertiary/aromatic N) is 1. The highest BCUT2D eigenvalue weighted by molar-refractivity contribution is 6.04. The summed E-state index contributed by atoms with van der Waals surface area (Å²) in [6.07, 6.45) is 0. The number of rotatable bonds is 2. The first-order valence-electron chi connectivity index (χ1n) is 5.43. The summed E-state index contributed by atoms with van der Waals surface area (Å²) in [5.41, 5.74) is 0.467. The Morgan fingerprint density at radius 3 is 2.59 bits per heavy atom. The monoisotopic (exact) mass is 233 g/mol. The van der Waals surface area contributed by atoms with E-state index < -0.39 is 17.8 Å². The van der Waals surface area contributed by atoms with Crippen LogP contribution in [0.15, 0.2) is 24.3 Å². The number of para-hydroxylation sites is 2. The molecule has 1 saturated carbocycles. The van der Waals surface area contributed by atoms with Gasteiger partial charge in [-0.25, -0.2) is 0 Å². The maximum Gasteiger partial charge on any atom is 0.307 e. The Bertz CT molecular complexity index is 513. The van der Waals surface area contributed by atoms with Gasteiger partial charge < -0.3 is 15.1 Å². The summed E-state index contributed by atoms with van der Waals surface area (Å²) in [6.45, 7) is 0.387. The smallest absolute Gasteiger partial charge is 0.307 e. The topological polar surface area (TPSA) is 77.8 Å². The molecule has 17 heavy (non-hydrogen) atoms. The van der Waals surface area contributed by atoms with Crippen LogP contribution in [-0.2, 0) is 9.59 Å². The summed E-state index contributed by atoms with van der Waals surface area (Å²) < 4.78 is 0. The van der Waals surface area contributed by atoms with E-state index in [0.29, 0.717) is 12.2 Å². The predicted octanol–water partition coefficient (Wildman–Crippen LogP) is 0.686. The van der Waals surface area contributed by atoms with Gasteiger partial charge in [-0.05, 0) is 12.1 Å². The molecule has 1 aliphatic heterocycles. The van der Waals surface area contributed by atoms with Gasteiger partial charge in [0.15, 0.2) is 0 Å². The first-order valence-corrected chi connectivity index (χ1v) is 5.43. The van der Waals surface area contributed by atoms with Gasteiger partial charge in [-0.15, -0.1) is 0 Å². The van der Waals surface area contributed by atoms with E-state index >= 15 is 0 Å². The van der Waals surface area contributed by atoms with Crippen LogP contribution in [0, 0.1) is 17.8 Å². The van der Waals surface area contributed by atoms with E-state index in [0.717, 1.165) is 0 Å². The Morgan fingerprint density at radius 1 is 1.35 bits per heavy atom. The number of carboxylic acids is 1. The van der Waals surface area contributed by atoms with Crippen LogP contribution in [0.3, 0.4) is 0 Å². The predicted molar refractivity (Wildman–Crippen MR) is 58.6 cm³/mol. The number of carbonyl (C=O) groups excluding carboxylic acids is 1. The van der Waals surface area contributed by atoms with E-state index in [4.69, 9.17) is 5.11 Å². The molecule has 0 spiro atoms. The summed E-state index contributed by atoms with van der Waals surface area (Å²) >= 11 is 0. The molecule has 0 aromatic heterocycles. The molecule has 1 amide bonds. The van der Waals surface area contributed by atoms with Crippen LogP contribution < -0.4 is 4.90 Å². The summed E-state index contributed by atoms with van der Waals surface area (Å²) in [7, 11) is 0. The van der Waals surface area contributed by atoms with E-state index in [1.165, 1.54) is 11.0 Å². The SMILES string of the molecule is O=C(O)C1C2CN(c3ccccc3O)C(=O)C21. The van der Waals surface area contributed by atoms with Crippen molar-refractivity contribution < 1.29 is 19.8 Å². The van der Waals surface area contributed by atoms with Gasteiger partial charge in [-0.1, -0.05) is 12.1 Å². The number of anilines is 1. The Hall–Kier alpha value is -2.04. The molecule has 1 saturated heterocycles. The van der Waals surface area contributed by atoms with E-state index in [1.807, 2.05) is 0 Å². The highest BCUT2D eigenvalue weighted by Crippen LogP contribution is 2.54. The number of aliphatic carboxylic acids is 1. The van der Waals surface area contributed by atoms with Gasteiger partial charge in [0.1, 0.15) is 5.75 Å². The second-order valence-corrected chi connectivity index (χ2v) is 4.49. The van der Waals surface area contributed by atoms with Gasteiger partial charge in [-0.2, -0.15) is 0 Å². The first-order chi connectivity index (χ1) is 8.11. The maximum absolute atomic E-state index is 12.0. The van der Waals surface area contributed by atoms with Crippen molar-refractivity contribution in [3.05, 3.63) is 24.3 Å². The van der Waals surface area contributed by atoms with Gasteiger partial charge in [0.25, 0.3) is 0 Å². The van der Waals surface area contributed by atoms with Crippen molar-refractivity contribution in [2.45, 2.75) is 0 Å². The average Bonchev–Trinajstić information content (AvgIpc) is 2.92. The molecule has 3 atom stereocenters. The molecule has 2 aliphatic rings. The highest BCUT2D eigenvalue weighted by Gasteiger charge is 2.65. The van der Waals surface area contributed by atoms with Gasteiger partial charge in [0.2, 0.25) is 5.91 Å². The lowest BCUT2D eigenvalue weighted by molar-refractivity contribution is -0.140. The van der Waals surface area contributed by atoms with E-state index in [-0.39, 0.29) is 17.6 Å². The van der Waals surface area contributed by atoms with E-state index in [2.05, 4.69) is 0 Å². The lowest BCUT2D eigenvalue weighted by Gasteiger charge is -2.20. The molecule has 3 rings (SSSR count). The van der Waals surface area contributed by atoms with Crippen LogP contribution in [-0.4, -0.2) is 28.6 Å². The number of phenolic OH excluding ortho intramolecular Hbond substituents is 1. The number of hydrogen-bond acceptors (Lipinski definition) is 3. The lowest BCUT2D eigenvalue weighted by Crippen LogP contribution is -2.31.